The summed E-state index contributed by atoms with van der Waals surface area (Å²) in [7, 11) is 0. The molecule has 1 nitrogen and oxygen atoms in total. The maximum atomic E-state index is 12.1. The van der Waals surface area contributed by atoms with Gasteiger partial charge < -0.3 is 0 Å². The number of rotatable bonds is 6. The van der Waals surface area contributed by atoms with Crippen LogP contribution in [0.5, 0.6) is 0 Å². The van der Waals surface area contributed by atoms with Crippen molar-refractivity contribution < 1.29 is 4.79 Å². The third-order valence-corrected chi connectivity index (χ3v) is 3.22. The fourth-order valence-corrected chi connectivity index (χ4v) is 2.01. The Balaban J connectivity index is 2.55. The van der Waals surface area contributed by atoms with Crippen LogP contribution in [0.3, 0.4) is 0 Å². The van der Waals surface area contributed by atoms with Crippen molar-refractivity contribution in [3.8, 4) is 0 Å². The van der Waals surface area contributed by atoms with Crippen LogP contribution >= 0.6 is 0 Å². The van der Waals surface area contributed by atoms with Gasteiger partial charge in [-0.3, -0.25) is 4.79 Å². The van der Waals surface area contributed by atoms with E-state index in [1.807, 2.05) is 32.9 Å². The van der Waals surface area contributed by atoms with Crippen molar-refractivity contribution in [2.75, 3.05) is 0 Å². The number of unbranched alkanes of at least 4 members (excludes halogenated alkanes) is 3. The van der Waals surface area contributed by atoms with Gasteiger partial charge in [-0.05, 0) is 18.4 Å². The molecule has 0 radical (unpaired) electrons. The Morgan fingerprint density at radius 1 is 1.00 bits per heavy atom. The molecule has 0 aliphatic carbocycles. The van der Waals surface area contributed by atoms with Crippen molar-refractivity contribution in [1.29, 1.82) is 0 Å². The molecular weight excluding hydrogens is 220 g/mol. The lowest BCUT2D eigenvalue weighted by Crippen LogP contribution is -2.20. The first kappa shape index (κ1) is 14.9. The molecule has 18 heavy (non-hydrogen) atoms. The van der Waals surface area contributed by atoms with Crippen LogP contribution in [-0.4, -0.2) is 5.78 Å². The SMILES string of the molecule is CCCCCCc1ccc(C(=O)C(C)(C)C)cc1. The molecule has 0 spiro atoms. The highest BCUT2D eigenvalue weighted by molar-refractivity contribution is 5.99. The van der Waals surface area contributed by atoms with Crippen molar-refractivity contribution in [1.82, 2.24) is 0 Å². The molecular formula is C17H26O. The average molecular weight is 246 g/mol. The summed E-state index contributed by atoms with van der Waals surface area (Å²) in [5.41, 5.74) is 1.89. The molecule has 100 valence electrons. The molecule has 0 amide bonds. The fourth-order valence-electron chi connectivity index (χ4n) is 2.01. The van der Waals surface area contributed by atoms with E-state index >= 15 is 0 Å². The molecule has 1 aromatic rings. The Bertz CT molecular complexity index is 368. The summed E-state index contributed by atoms with van der Waals surface area (Å²) in [5, 5.41) is 0. The van der Waals surface area contributed by atoms with Crippen molar-refractivity contribution in [3.05, 3.63) is 35.4 Å². The number of carbonyl (C=O) groups is 1. The van der Waals surface area contributed by atoms with Gasteiger partial charge in [0.15, 0.2) is 5.78 Å². The Morgan fingerprint density at radius 2 is 1.61 bits per heavy atom. The second-order valence-corrected chi connectivity index (χ2v) is 6.09. The molecule has 0 aromatic heterocycles. The van der Waals surface area contributed by atoms with E-state index in [1.165, 1.54) is 31.2 Å². The van der Waals surface area contributed by atoms with E-state index < -0.39 is 0 Å². The van der Waals surface area contributed by atoms with Crippen LogP contribution in [0.4, 0.5) is 0 Å². The summed E-state index contributed by atoms with van der Waals surface area (Å²) >= 11 is 0. The van der Waals surface area contributed by atoms with Gasteiger partial charge in [-0.2, -0.15) is 0 Å². The maximum Gasteiger partial charge on any atom is 0.168 e. The molecule has 0 heterocycles. The summed E-state index contributed by atoms with van der Waals surface area (Å²) in [6, 6.07) is 8.15. The molecule has 1 rings (SSSR count). The second-order valence-electron chi connectivity index (χ2n) is 6.09. The second kappa shape index (κ2) is 6.72. The molecule has 0 saturated heterocycles. The van der Waals surface area contributed by atoms with Gasteiger partial charge in [0.05, 0.1) is 0 Å². The highest BCUT2D eigenvalue weighted by atomic mass is 16.1. The number of Topliss-reactive ketones (excluding diaryl/α,β-unsaturated/α-hetero) is 1. The number of aryl methyl sites for hydroxylation is 1. The molecule has 0 N–H and O–H groups in total. The largest absolute Gasteiger partial charge is 0.294 e. The van der Waals surface area contributed by atoms with Gasteiger partial charge in [-0.15, -0.1) is 0 Å². The number of hydrogen-bond acceptors (Lipinski definition) is 1. The van der Waals surface area contributed by atoms with Crippen LogP contribution in [0.1, 0.15) is 69.3 Å². The highest BCUT2D eigenvalue weighted by Crippen LogP contribution is 2.21. The van der Waals surface area contributed by atoms with E-state index in [4.69, 9.17) is 0 Å². The topological polar surface area (TPSA) is 17.1 Å². The number of benzene rings is 1. The molecule has 0 aliphatic rings. The molecule has 0 aliphatic heterocycles. The Morgan fingerprint density at radius 3 is 2.11 bits per heavy atom. The van der Waals surface area contributed by atoms with Crippen molar-refractivity contribution in [2.45, 2.75) is 59.8 Å². The molecule has 0 saturated carbocycles. The van der Waals surface area contributed by atoms with E-state index in [9.17, 15) is 4.79 Å². The lowest BCUT2D eigenvalue weighted by molar-refractivity contribution is 0.0858. The van der Waals surface area contributed by atoms with Crippen LogP contribution < -0.4 is 0 Å². The van der Waals surface area contributed by atoms with E-state index in [0.717, 1.165) is 12.0 Å². The van der Waals surface area contributed by atoms with Crippen LogP contribution in [0.2, 0.25) is 0 Å². The maximum absolute atomic E-state index is 12.1. The molecule has 1 aromatic carbocycles. The van der Waals surface area contributed by atoms with E-state index in [-0.39, 0.29) is 11.2 Å². The fraction of sp³-hybridized carbons (Fsp3) is 0.588. The van der Waals surface area contributed by atoms with Gasteiger partial charge in [0.2, 0.25) is 0 Å². The van der Waals surface area contributed by atoms with Gasteiger partial charge in [0.25, 0.3) is 0 Å². The standard InChI is InChI=1S/C17H26O/c1-5-6-7-8-9-14-10-12-15(13-11-14)16(18)17(2,3)4/h10-13H,5-9H2,1-4H3. The lowest BCUT2D eigenvalue weighted by Gasteiger charge is -2.16. The highest BCUT2D eigenvalue weighted by Gasteiger charge is 2.22. The van der Waals surface area contributed by atoms with Gasteiger partial charge in [0.1, 0.15) is 0 Å². The molecule has 0 unspecified atom stereocenters. The first-order chi connectivity index (χ1) is 8.45. The van der Waals surface area contributed by atoms with Crippen molar-refractivity contribution >= 4 is 5.78 Å². The number of ketones is 1. The van der Waals surface area contributed by atoms with E-state index in [2.05, 4.69) is 19.1 Å². The predicted molar refractivity (Wildman–Crippen MR) is 78.1 cm³/mol. The van der Waals surface area contributed by atoms with Gasteiger partial charge in [-0.25, -0.2) is 0 Å². The lowest BCUT2D eigenvalue weighted by atomic mass is 9.86. The Kier molecular flexibility index (Phi) is 5.58. The van der Waals surface area contributed by atoms with Gasteiger partial charge >= 0.3 is 0 Å². The predicted octanol–water partition coefficient (Wildman–Crippen LogP) is 5.04. The Hall–Kier alpha value is -1.11. The van der Waals surface area contributed by atoms with Gasteiger partial charge in [-0.1, -0.05) is 71.2 Å². The summed E-state index contributed by atoms with van der Waals surface area (Å²) in [4.78, 5) is 12.1. The van der Waals surface area contributed by atoms with Crippen LogP contribution in [0.25, 0.3) is 0 Å². The Labute approximate surface area is 112 Å². The minimum atomic E-state index is -0.289. The van der Waals surface area contributed by atoms with Crippen LogP contribution in [-0.2, 0) is 6.42 Å². The molecule has 1 heteroatoms. The summed E-state index contributed by atoms with van der Waals surface area (Å²) < 4.78 is 0. The zero-order chi connectivity index (χ0) is 13.6. The van der Waals surface area contributed by atoms with Gasteiger partial charge in [0, 0.05) is 11.0 Å². The summed E-state index contributed by atoms with van der Waals surface area (Å²) in [5.74, 6) is 0.222. The zero-order valence-corrected chi connectivity index (χ0v) is 12.3. The minimum Gasteiger partial charge on any atom is -0.294 e. The third-order valence-electron chi connectivity index (χ3n) is 3.22. The van der Waals surface area contributed by atoms with E-state index in [1.54, 1.807) is 0 Å². The first-order valence-corrected chi connectivity index (χ1v) is 7.09. The average Bonchev–Trinajstić information content (AvgIpc) is 2.33. The molecule has 0 atom stereocenters. The normalized spacial score (nSPS) is 11.6. The van der Waals surface area contributed by atoms with Crippen LogP contribution in [0, 0.1) is 5.41 Å². The monoisotopic (exact) mass is 246 g/mol. The van der Waals surface area contributed by atoms with Crippen molar-refractivity contribution in [3.63, 3.8) is 0 Å². The molecule has 0 fully saturated rings. The minimum absolute atomic E-state index is 0.222. The first-order valence-electron chi connectivity index (χ1n) is 7.09. The quantitative estimate of drug-likeness (QED) is 0.507. The third kappa shape index (κ3) is 4.64. The summed E-state index contributed by atoms with van der Waals surface area (Å²) in [6.45, 7) is 8.13. The van der Waals surface area contributed by atoms with E-state index in [0.29, 0.717) is 0 Å². The molecule has 0 bridgehead atoms. The summed E-state index contributed by atoms with van der Waals surface area (Å²) in [6.07, 6.45) is 6.28. The number of carbonyl (C=O) groups excluding carboxylic acids is 1. The van der Waals surface area contributed by atoms with Crippen LogP contribution in [0.15, 0.2) is 24.3 Å². The zero-order valence-electron chi connectivity index (χ0n) is 12.3. The number of hydrogen-bond donors (Lipinski definition) is 0. The smallest absolute Gasteiger partial charge is 0.168 e. The van der Waals surface area contributed by atoms with Crippen molar-refractivity contribution in [2.24, 2.45) is 5.41 Å².